The summed E-state index contributed by atoms with van der Waals surface area (Å²) in [7, 11) is 0. The van der Waals surface area contributed by atoms with E-state index in [1.54, 1.807) is 24.3 Å². The third kappa shape index (κ3) is 2.90. The average Bonchev–Trinajstić information content (AvgIpc) is 2.98. The number of fused-ring (bicyclic) bond motifs is 1. The molecule has 0 saturated carbocycles. The number of rotatable bonds is 3. The highest BCUT2D eigenvalue weighted by molar-refractivity contribution is 7.21. The molecule has 122 valence electrons. The first-order valence-corrected chi connectivity index (χ1v) is 8.87. The highest BCUT2D eigenvalue weighted by Gasteiger charge is 2.19. The number of thiophene rings is 1. The summed E-state index contributed by atoms with van der Waals surface area (Å²) in [5.74, 6) is -0.113. The van der Waals surface area contributed by atoms with Gasteiger partial charge in [-0.3, -0.25) is 4.79 Å². The van der Waals surface area contributed by atoms with E-state index in [0.717, 1.165) is 21.5 Å². The summed E-state index contributed by atoms with van der Waals surface area (Å²) in [5, 5.41) is 1.40. The van der Waals surface area contributed by atoms with Gasteiger partial charge < -0.3 is 5.73 Å². The highest BCUT2D eigenvalue weighted by Crippen LogP contribution is 2.35. The van der Waals surface area contributed by atoms with Gasteiger partial charge in [-0.15, -0.1) is 11.3 Å². The number of anilines is 1. The van der Waals surface area contributed by atoms with Gasteiger partial charge in [0.1, 0.15) is 9.71 Å². The van der Waals surface area contributed by atoms with Crippen molar-refractivity contribution in [3.8, 4) is 11.3 Å². The average molecular weight is 365 g/mol. The Morgan fingerprint density at radius 1 is 0.960 bits per heavy atom. The number of halogens is 1. The summed E-state index contributed by atoms with van der Waals surface area (Å²) in [5.41, 5.74) is 9.15. The fraction of sp³-hybridized carbons (Fsp3) is 0. The van der Waals surface area contributed by atoms with Crippen LogP contribution in [0.5, 0.6) is 0 Å². The quantitative estimate of drug-likeness (QED) is 0.493. The van der Waals surface area contributed by atoms with Gasteiger partial charge in [0, 0.05) is 21.5 Å². The van der Waals surface area contributed by atoms with E-state index >= 15 is 0 Å². The van der Waals surface area contributed by atoms with Crippen LogP contribution < -0.4 is 5.73 Å². The molecule has 25 heavy (non-hydrogen) atoms. The SMILES string of the molecule is Nc1c(C(=O)c2ccc(Cl)cc2)sc2nc(-c3ccccc3)ccc12. The van der Waals surface area contributed by atoms with Crippen LogP contribution in [0.15, 0.2) is 66.7 Å². The smallest absolute Gasteiger partial charge is 0.205 e. The number of carbonyl (C=O) groups excluding carboxylic acids is 1. The Morgan fingerprint density at radius 3 is 2.40 bits per heavy atom. The summed E-state index contributed by atoms with van der Waals surface area (Å²) in [6.45, 7) is 0. The van der Waals surface area contributed by atoms with Crippen LogP contribution in [0, 0.1) is 0 Å². The van der Waals surface area contributed by atoms with Crippen molar-refractivity contribution in [2.75, 3.05) is 5.73 Å². The van der Waals surface area contributed by atoms with Crippen LogP contribution in [0.1, 0.15) is 15.2 Å². The molecule has 5 heteroatoms. The van der Waals surface area contributed by atoms with Crippen molar-refractivity contribution < 1.29 is 4.79 Å². The molecular formula is C20H13ClN2OS. The number of nitrogens with zero attached hydrogens (tertiary/aromatic N) is 1. The fourth-order valence-electron chi connectivity index (χ4n) is 2.67. The van der Waals surface area contributed by atoms with E-state index in [1.165, 1.54) is 11.3 Å². The lowest BCUT2D eigenvalue weighted by atomic mass is 10.1. The summed E-state index contributed by atoms with van der Waals surface area (Å²) >= 11 is 7.21. The van der Waals surface area contributed by atoms with Gasteiger partial charge in [0.25, 0.3) is 0 Å². The van der Waals surface area contributed by atoms with Gasteiger partial charge in [-0.1, -0.05) is 41.9 Å². The molecule has 2 aromatic heterocycles. The van der Waals surface area contributed by atoms with Gasteiger partial charge in [0.15, 0.2) is 0 Å². The van der Waals surface area contributed by atoms with Crippen LogP contribution in [0.3, 0.4) is 0 Å². The number of carbonyl (C=O) groups is 1. The molecule has 0 unspecified atom stereocenters. The number of nitrogen functional groups attached to an aromatic ring is 1. The zero-order valence-corrected chi connectivity index (χ0v) is 14.6. The molecule has 2 N–H and O–H groups in total. The molecule has 0 saturated heterocycles. The summed E-state index contributed by atoms with van der Waals surface area (Å²) in [6, 6.07) is 20.6. The third-order valence-corrected chi connectivity index (χ3v) is 5.34. The predicted octanol–water partition coefficient (Wildman–Crippen LogP) is 5.43. The number of aromatic nitrogens is 1. The second-order valence-electron chi connectivity index (χ2n) is 5.60. The molecule has 4 aromatic rings. The molecule has 0 atom stereocenters. The Kier molecular flexibility index (Phi) is 3.99. The Labute approximate surface area is 153 Å². The van der Waals surface area contributed by atoms with E-state index in [2.05, 4.69) is 4.98 Å². The summed E-state index contributed by atoms with van der Waals surface area (Å²) < 4.78 is 0. The van der Waals surface area contributed by atoms with Crippen molar-refractivity contribution in [2.45, 2.75) is 0 Å². The van der Waals surface area contributed by atoms with Crippen molar-refractivity contribution in [3.05, 3.63) is 82.2 Å². The minimum absolute atomic E-state index is 0.113. The van der Waals surface area contributed by atoms with E-state index < -0.39 is 0 Å². The molecule has 0 aliphatic carbocycles. The maximum atomic E-state index is 12.8. The molecule has 2 aromatic carbocycles. The van der Waals surface area contributed by atoms with Crippen LogP contribution >= 0.6 is 22.9 Å². The minimum Gasteiger partial charge on any atom is -0.397 e. The first-order valence-electron chi connectivity index (χ1n) is 7.68. The number of nitrogens with two attached hydrogens (primary N) is 1. The summed E-state index contributed by atoms with van der Waals surface area (Å²) in [4.78, 5) is 18.7. The van der Waals surface area contributed by atoms with Crippen molar-refractivity contribution in [3.63, 3.8) is 0 Å². The van der Waals surface area contributed by atoms with E-state index in [4.69, 9.17) is 17.3 Å². The van der Waals surface area contributed by atoms with Gasteiger partial charge in [-0.2, -0.15) is 0 Å². The largest absolute Gasteiger partial charge is 0.397 e. The van der Waals surface area contributed by atoms with Crippen molar-refractivity contribution in [1.82, 2.24) is 4.98 Å². The molecular weight excluding hydrogens is 352 g/mol. The highest BCUT2D eigenvalue weighted by atomic mass is 35.5. The van der Waals surface area contributed by atoms with Crippen LogP contribution in [0.2, 0.25) is 5.02 Å². The number of hydrogen-bond acceptors (Lipinski definition) is 4. The second kappa shape index (κ2) is 6.31. The molecule has 2 heterocycles. The second-order valence-corrected chi connectivity index (χ2v) is 7.03. The lowest BCUT2D eigenvalue weighted by Crippen LogP contribution is -2.01. The number of pyridine rings is 1. The Balaban J connectivity index is 1.79. The molecule has 0 aliphatic heterocycles. The third-order valence-electron chi connectivity index (χ3n) is 3.98. The lowest BCUT2D eigenvalue weighted by molar-refractivity contribution is 0.104. The predicted molar refractivity (Wildman–Crippen MR) is 104 cm³/mol. The maximum absolute atomic E-state index is 12.8. The van der Waals surface area contributed by atoms with Gasteiger partial charge >= 0.3 is 0 Å². The Bertz CT molecular complexity index is 1070. The lowest BCUT2D eigenvalue weighted by Gasteiger charge is -2.00. The van der Waals surface area contributed by atoms with Crippen molar-refractivity contribution in [1.29, 1.82) is 0 Å². The van der Waals surface area contributed by atoms with Gasteiger partial charge in [0.2, 0.25) is 5.78 Å². The first kappa shape index (κ1) is 15.8. The molecule has 0 amide bonds. The topological polar surface area (TPSA) is 56.0 Å². The molecule has 3 nitrogen and oxygen atoms in total. The monoisotopic (exact) mass is 364 g/mol. The van der Waals surface area contributed by atoms with E-state index in [-0.39, 0.29) is 5.78 Å². The fourth-order valence-corrected chi connectivity index (χ4v) is 3.85. The van der Waals surface area contributed by atoms with Gasteiger partial charge in [-0.25, -0.2) is 4.98 Å². The van der Waals surface area contributed by atoms with Gasteiger partial charge in [0.05, 0.1) is 11.4 Å². The maximum Gasteiger partial charge on any atom is 0.205 e. The molecule has 0 fully saturated rings. The number of benzene rings is 2. The molecule has 0 aliphatic rings. The standard InChI is InChI=1S/C20H13ClN2OS/c21-14-8-6-13(7-9-14)18(24)19-17(22)15-10-11-16(23-20(15)25-19)12-4-2-1-3-5-12/h1-11H,22H2. The number of ketones is 1. The number of hydrogen-bond donors (Lipinski definition) is 1. The van der Waals surface area contributed by atoms with E-state index in [0.29, 0.717) is 21.2 Å². The van der Waals surface area contributed by atoms with Crippen molar-refractivity contribution in [2.24, 2.45) is 0 Å². The minimum atomic E-state index is -0.113. The molecule has 0 radical (unpaired) electrons. The van der Waals surface area contributed by atoms with Crippen LogP contribution in [0.4, 0.5) is 5.69 Å². The first-order chi connectivity index (χ1) is 12.1. The zero-order chi connectivity index (χ0) is 17.4. The Hall–Kier alpha value is -2.69. The van der Waals surface area contributed by atoms with Crippen LogP contribution in [-0.4, -0.2) is 10.8 Å². The Morgan fingerprint density at radius 2 is 1.68 bits per heavy atom. The molecule has 4 rings (SSSR count). The van der Waals surface area contributed by atoms with E-state index in [1.807, 2.05) is 42.5 Å². The zero-order valence-electron chi connectivity index (χ0n) is 13.1. The summed E-state index contributed by atoms with van der Waals surface area (Å²) in [6.07, 6.45) is 0. The van der Waals surface area contributed by atoms with Gasteiger partial charge in [-0.05, 0) is 36.4 Å². The normalized spacial score (nSPS) is 10.9. The van der Waals surface area contributed by atoms with Crippen LogP contribution in [-0.2, 0) is 0 Å². The van der Waals surface area contributed by atoms with E-state index in [9.17, 15) is 4.79 Å². The molecule has 0 spiro atoms. The van der Waals surface area contributed by atoms with Crippen LogP contribution in [0.25, 0.3) is 21.5 Å². The van der Waals surface area contributed by atoms with Crippen molar-refractivity contribution >= 4 is 44.6 Å². The molecule has 0 bridgehead atoms.